The Bertz CT molecular complexity index is 1600. The molecule has 0 aliphatic rings. The van der Waals surface area contributed by atoms with Gasteiger partial charge >= 0.3 is 17.9 Å². The Balaban J connectivity index is 4.37. The zero-order valence-electron chi connectivity index (χ0n) is 47.8. The van der Waals surface area contributed by atoms with Crippen molar-refractivity contribution in [1.29, 1.82) is 0 Å². The van der Waals surface area contributed by atoms with Crippen molar-refractivity contribution in [2.75, 3.05) is 13.2 Å². The highest BCUT2D eigenvalue weighted by Crippen LogP contribution is 2.14. The molecule has 1 unspecified atom stereocenters. The molecule has 6 heteroatoms. The Kier molecular flexibility index (Phi) is 57.4. The van der Waals surface area contributed by atoms with Gasteiger partial charge in [-0.05, 0) is 128 Å². The van der Waals surface area contributed by atoms with Crippen molar-refractivity contribution in [3.8, 4) is 0 Å². The summed E-state index contributed by atoms with van der Waals surface area (Å²) >= 11 is 0. The van der Waals surface area contributed by atoms with Crippen LogP contribution in [-0.4, -0.2) is 37.2 Å². The highest BCUT2D eigenvalue weighted by atomic mass is 16.6. The number of hydrogen-bond donors (Lipinski definition) is 0. The molecule has 0 amide bonds. The summed E-state index contributed by atoms with van der Waals surface area (Å²) in [5.41, 5.74) is 0. The minimum Gasteiger partial charge on any atom is -0.462 e. The summed E-state index contributed by atoms with van der Waals surface area (Å²) in [5, 5.41) is 0. The van der Waals surface area contributed by atoms with Crippen LogP contribution in [0.25, 0.3) is 0 Å². The maximum atomic E-state index is 12.9. The van der Waals surface area contributed by atoms with Crippen LogP contribution in [0.4, 0.5) is 0 Å². The zero-order valence-corrected chi connectivity index (χ0v) is 47.8. The number of carbonyl (C=O) groups excluding carboxylic acids is 3. The van der Waals surface area contributed by atoms with Gasteiger partial charge in [0.05, 0.1) is 0 Å². The molecule has 0 aliphatic carbocycles. The van der Waals surface area contributed by atoms with Crippen molar-refractivity contribution in [1.82, 2.24) is 0 Å². The molecular weight excluding hydrogens is 913 g/mol. The van der Waals surface area contributed by atoms with E-state index in [9.17, 15) is 14.4 Å². The van der Waals surface area contributed by atoms with E-state index >= 15 is 0 Å². The third-order valence-electron chi connectivity index (χ3n) is 12.4. The van der Waals surface area contributed by atoms with Gasteiger partial charge in [-0.3, -0.25) is 14.4 Å². The highest BCUT2D eigenvalue weighted by molar-refractivity contribution is 5.71. The van der Waals surface area contributed by atoms with Crippen LogP contribution >= 0.6 is 0 Å². The molecule has 0 aliphatic heterocycles. The smallest absolute Gasteiger partial charge is 0.306 e. The van der Waals surface area contributed by atoms with E-state index in [1.54, 1.807) is 0 Å². The summed E-state index contributed by atoms with van der Waals surface area (Å²) in [4.78, 5) is 38.2. The first-order valence-corrected chi connectivity index (χ1v) is 30.2. The van der Waals surface area contributed by atoms with E-state index < -0.39 is 6.10 Å². The minimum absolute atomic E-state index is 0.0980. The van der Waals surface area contributed by atoms with Crippen molar-refractivity contribution in [2.24, 2.45) is 0 Å². The fourth-order valence-electron chi connectivity index (χ4n) is 7.89. The van der Waals surface area contributed by atoms with Crippen molar-refractivity contribution in [3.63, 3.8) is 0 Å². The molecule has 0 radical (unpaired) electrons. The van der Waals surface area contributed by atoms with Crippen LogP contribution in [-0.2, 0) is 28.6 Å². The molecule has 0 saturated carbocycles. The molecule has 74 heavy (non-hydrogen) atoms. The fraction of sp³-hybridized carbons (Fsp3) is 0.632. The van der Waals surface area contributed by atoms with Crippen LogP contribution in [0.5, 0.6) is 0 Å². The Morgan fingerprint density at radius 3 is 0.824 bits per heavy atom. The Morgan fingerprint density at radius 2 is 0.527 bits per heavy atom. The predicted molar refractivity (Wildman–Crippen MR) is 320 cm³/mol. The van der Waals surface area contributed by atoms with Crippen LogP contribution in [0.2, 0.25) is 0 Å². The molecule has 0 bridgehead atoms. The molecular formula is C68H110O6. The highest BCUT2D eigenvalue weighted by Gasteiger charge is 2.19. The first-order valence-electron chi connectivity index (χ1n) is 30.2. The third kappa shape index (κ3) is 58.4. The number of ether oxygens (including phenoxy) is 3. The average molecular weight is 1020 g/mol. The molecule has 0 aromatic heterocycles. The van der Waals surface area contributed by atoms with E-state index in [0.717, 1.165) is 167 Å². The molecule has 0 heterocycles. The molecule has 0 rings (SSSR count). The van der Waals surface area contributed by atoms with E-state index in [2.05, 4.69) is 154 Å². The second-order valence-electron chi connectivity index (χ2n) is 19.5. The summed E-state index contributed by atoms with van der Waals surface area (Å²) in [6, 6.07) is 0. The van der Waals surface area contributed by atoms with Gasteiger partial charge in [-0.1, -0.05) is 244 Å². The van der Waals surface area contributed by atoms with Gasteiger partial charge in [0.2, 0.25) is 0 Å². The molecule has 6 nitrogen and oxygen atoms in total. The van der Waals surface area contributed by atoms with E-state index in [1.807, 2.05) is 0 Å². The van der Waals surface area contributed by atoms with E-state index in [1.165, 1.54) is 51.4 Å². The lowest BCUT2D eigenvalue weighted by Crippen LogP contribution is -2.30. The number of esters is 3. The summed E-state index contributed by atoms with van der Waals surface area (Å²) in [6.07, 6.45) is 85.9. The SMILES string of the molecule is CC/C=C\C/C=C\C/C=C\C/C=C\C/C=C\C/C=C\CCCCCCCCCCC(=O)OCC(COC(=O)CCCCCCC/C=C\C/C=C\CCCC)OC(=O)CCCCCCC/C=C\C/C=C\C/C=C\CC. The van der Waals surface area contributed by atoms with Crippen molar-refractivity contribution in [3.05, 3.63) is 134 Å². The number of carbonyl (C=O) groups is 3. The van der Waals surface area contributed by atoms with Gasteiger partial charge in [-0.15, -0.1) is 0 Å². The molecule has 418 valence electrons. The molecule has 1 atom stereocenters. The Labute approximate surface area is 455 Å². The first kappa shape index (κ1) is 69.5. The maximum absolute atomic E-state index is 12.9. The summed E-state index contributed by atoms with van der Waals surface area (Å²) < 4.78 is 16.9. The lowest BCUT2D eigenvalue weighted by molar-refractivity contribution is -0.167. The summed E-state index contributed by atoms with van der Waals surface area (Å²) in [6.45, 7) is 6.34. The van der Waals surface area contributed by atoms with Crippen molar-refractivity contribution < 1.29 is 28.6 Å². The maximum Gasteiger partial charge on any atom is 0.306 e. The van der Waals surface area contributed by atoms with E-state index in [0.29, 0.717) is 19.3 Å². The summed E-state index contributed by atoms with van der Waals surface area (Å²) in [7, 11) is 0. The lowest BCUT2D eigenvalue weighted by Gasteiger charge is -2.18. The largest absolute Gasteiger partial charge is 0.462 e. The van der Waals surface area contributed by atoms with Crippen LogP contribution in [0, 0.1) is 0 Å². The van der Waals surface area contributed by atoms with Gasteiger partial charge in [0.15, 0.2) is 6.10 Å². The monoisotopic (exact) mass is 1020 g/mol. The molecule has 0 saturated heterocycles. The molecule has 0 aromatic carbocycles. The van der Waals surface area contributed by atoms with Gasteiger partial charge in [0, 0.05) is 19.3 Å². The van der Waals surface area contributed by atoms with Crippen molar-refractivity contribution in [2.45, 2.75) is 264 Å². The standard InChI is InChI=1S/C68H110O6/c1-4-7-10-13-16-19-22-25-28-29-30-31-32-33-34-35-36-37-38-39-41-43-46-49-52-55-58-61-67(70)73-64-65(63-72-66(69)60-57-54-51-48-45-42-27-24-21-18-15-12-9-6-3)74-68(71)62-59-56-53-50-47-44-40-26-23-20-17-14-11-8-5-2/h7-8,10-11,15-20,24-28,30-31,33-34,36-37,40,65H,4-6,9,12-14,21-23,29,32,35,38-39,41-64H2,1-3H3/b10-7-,11-8-,18-15-,19-16-,20-17-,27-24-,28-25-,31-30-,34-33-,37-36-,40-26-. The normalized spacial score (nSPS) is 13.1. The first-order chi connectivity index (χ1) is 36.5. The van der Waals surface area contributed by atoms with E-state index in [4.69, 9.17) is 14.2 Å². The van der Waals surface area contributed by atoms with Crippen LogP contribution < -0.4 is 0 Å². The Morgan fingerprint density at radius 1 is 0.284 bits per heavy atom. The topological polar surface area (TPSA) is 78.9 Å². The van der Waals surface area contributed by atoms with Crippen LogP contribution in [0.3, 0.4) is 0 Å². The quantitative estimate of drug-likeness (QED) is 0.0261. The van der Waals surface area contributed by atoms with Gasteiger partial charge < -0.3 is 14.2 Å². The number of unbranched alkanes of at least 4 members (excludes halogenated alkanes) is 20. The second kappa shape index (κ2) is 61.1. The van der Waals surface area contributed by atoms with Gasteiger partial charge in [0.1, 0.15) is 13.2 Å². The molecule has 0 fully saturated rings. The summed E-state index contributed by atoms with van der Waals surface area (Å²) in [5.74, 6) is -0.939. The third-order valence-corrected chi connectivity index (χ3v) is 12.4. The second-order valence-corrected chi connectivity index (χ2v) is 19.5. The fourth-order valence-corrected chi connectivity index (χ4v) is 7.89. The predicted octanol–water partition coefficient (Wildman–Crippen LogP) is 20.6. The number of hydrogen-bond acceptors (Lipinski definition) is 6. The number of rotatable bonds is 53. The minimum atomic E-state index is -0.802. The van der Waals surface area contributed by atoms with Gasteiger partial charge in [0.25, 0.3) is 0 Å². The van der Waals surface area contributed by atoms with Crippen LogP contribution in [0.1, 0.15) is 258 Å². The molecule has 0 aromatic rings. The lowest BCUT2D eigenvalue weighted by atomic mass is 10.1. The van der Waals surface area contributed by atoms with Crippen molar-refractivity contribution >= 4 is 17.9 Å². The average Bonchev–Trinajstić information content (AvgIpc) is 3.40. The van der Waals surface area contributed by atoms with Gasteiger partial charge in [-0.25, -0.2) is 0 Å². The zero-order chi connectivity index (χ0) is 53.6. The molecule has 0 N–H and O–H groups in total. The number of allylic oxidation sites excluding steroid dienone is 22. The molecule has 0 spiro atoms. The van der Waals surface area contributed by atoms with Gasteiger partial charge in [-0.2, -0.15) is 0 Å². The Hall–Kier alpha value is -4.45. The van der Waals surface area contributed by atoms with E-state index in [-0.39, 0.29) is 31.1 Å². The van der Waals surface area contributed by atoms with Crippen LogP contribution in [0.15, 0.2) is 134 Å².